The van der Waals surface area contributed by atoms with Crippen molar-refractivity contribution in [2.75, 3.05) is 7.11 Å². The lowest BCUT2D eigenvalue weighted by Gasteiger charge is -2.08. The zero-order valence-corrected chi connectivity index (χ0v) is 10.8. The van der Waals surface area contributed by atoms with E-state index in [1.807, 2.05) is 11.6 Å². The molecule has 2 aromatic rings. The summed E-state index contributed by atoms with van der Waals surface area (Å²) in [6.07, 6.45) is 3.46. The van der Waals surface area contributed by atoms with E-state index >= 15 is 0 Å². The molecule has 1 aromatic carbocycles. The Bertz CT molecular complexity index is 593. The van der Waals surface area contributed by atoms with Crippen molar-refractivity contribution in [1.82, 2.24) is 14.9 Å². The van der Waals surface area contributed by atoms with Crippen LogP contribution in [0, 0.1) is 0 Å². The van der Waals surface area contributed by atoms with Crippen LogP contribution >= 0.6 is 0 Å². The average Bonchev–Trinajstić information content (AvgIpc) is 2.81. The second-order valence-corrected chi connectivity index (χ2v) is 4.02. The average molecular weight is 261 g/mol. The fourth-order valence-electron chi connectivity index (χ4n) is 1.65. The molecular weight excluding hydrogens is 246 g/mol. The molecule has 6 heteroatoms. The number of rotatable bonds is 4. The number of carbonyl (C=O) groups excluding carboxylic acids is 1. The minimum Gasteiger partial charge on any atom is -0.507 e. The first-order valence-electron chi connectivity index (χ1n) is 5.73. The zero-order valence-electron chi connectivity index (χ0n) is 10.8. The van der Waals surface area contributed by atoms with Crippen LogP contribution in [-0.4, -0.2) is 27.7 Å². The number of methoxy groups -OCH3 is 1. The molecule has 0 spiro atoms. The van der Waals surface area contributed by atoms with Crippen molar-refractivity contribution >= 4 is 5.91 Å². The van der Waals surface area contributed by atoms with Crippen LogP contribution in [0.5, 0.6) is 11.5 Å². The second kappa shape index (κ2) is 5.43. The van der Waals surface area contributed by atoms with Crippen molar-refractivity contribution in [2.45, 2.75) is 6.54 Å². The highest BCUT2D eigenvalue weighted by Gasteiger charge is 2.12. The van der Waals surface area contributed by atoms with Crippen molar-refractivity contribution in [3.05, 3.63) is 42.0 Å². The molecule has 0 atom stereocenters. The van der Waals surface area contributed by atoms with E-state index in [0.717, 1.165) is 5.82 Å². The van der Waals surface area contributed by atoms with Crippen LogP contribution in [-0.2, 0) is 13.6 Å². The van der Waals surface area contributed by atoms with E-state index in [9.17, 15) is 9.90 Å². The van der Waals surface area contributed by atoms with Crippen LogP contribution in [0.1, 0.15) is 16.2 Å². The van der Waals surface area contributed by atoms with E-state index in [2.05, 4.69) is 10.3 Å². The normalized spacial score (nSPS) is 10.2. The quantitative estimate of drug-likeness (QED) is 0.863. The highest BCUT2D eigenvalue weighted by Crippen LogP contribution is 2.23. The first-order chi connectivity index (χ1) is 9.11. The molecule has 19 heavy (non-hydrogen) atoms. The maximum atomic E-state index is 11.9. The van der Waals surface area contributed by atoms with E-state index in [4.69, 9.17) is 4.74 Å². The highest BCUT2D eigenvalue weighted by molar-refractivity contribution is 5.96. The van der Waals surface area contributed by atoms with Crippen LogP contribution in [0.2, 0.25) is 0 Å². The lowest BCUT2D eigenvalue weighted by Crippen LogP contribution is -2.24. The summed E-state index contributed by atoms with van der Waals surface area (Å²) in [5.41, 5.74) is 0.204. The molecule has 1 heterocycles. The van der Waals surface area contributed by atoms with Gasteiger partial charge in [-0.05, 0) is 12.1 Å². The molecular formula is C13H15N3O3. The van der Waals surface area contributed by atoms with Gasteiger partial charge in [-0.15, -0.1) is 0 Å². The molecule has 0 saturated carbocycles. The van der Waals surface area contributed by atoms with Gasteiger partial charge in [0.05, 0.1) is 19.2 Å². The Labute approximate surface area is 110 Å². The van der Waals surface area contributed by atoms with E-state index in [-0.39, 0.29) is 17.2 Å². The molecule has 2 rings (SSSR count). The molecule has 2 N–H and O–H groups in total. The summed E-state index contributed by atoms with van der Waals surface area (Å²) in [5.74, 6) is 0.763. The number of carbonyl (C=O) groups is 1. The summed E-state index contributed by atoms with van der Waals surface area (Å²) < 4.78 is 6.77. The summed E-state index contributed by atoms with van der Waals surface area (Å²) in [7, 11) is 3.34. The van der Waals surface area contributed by atoms with Crippen molar-refractivity contribution in [3.63, 3.8) is 0 Å². The van der Waals surface area contributed by atoms with Gasteiger partial charge < -0.3 is 19.7 Å². The third-order valence-electron chi connectivity index (χ3n) is 2.78. The largest absolute Gasteiger partial charge is 0.507 e. The predicted octanol–water partition coefficient (Wildman–Crippen LogP) is 1.06. The van der Waals surface area contributed by atoms with Gasteiger partial charge in [-0.2, -0.15) is 0 Å². The van der Waals surface area contributed by atoms with Gasteiger partial charge in [-0.1, -0.05) is 0 Å². The molecule has 1 amide bonds. The fraction of sp³-hybridized carbons (Fsp3) is 0.231. The maximum Gasteiger partial charge on any atom is 0.255 e. The van der Waals surface area contributed by atoms with Gasteiger partial charge >= 0.3 is 0 Å². The number of hydrogen-bond donors (Lipinski definition) is 2. The van der Waals surface area contributed by atoms with Gasteiger partial charge in [0.1, 0.15) is 17.3 Å². The molecule has 100 valence electrons. The molecule has 0 radical (unpaired) electrons. The van der Waals surface area contributed by atoms with Gasteiger partial charge in [0.25, 0.3) is 5.91 Å². The van der Waals surface area contributed by atoms with Crippen molar-refractivity contribution in [2.24, 2.45) is 7.05 Å². The predicted molar refractivity (Wildman–Crippen MR) is 69.0 cm³/mol. The van der Waals surface area contributed by atoms with Gasteiger partial charge in [-0.3, -0.25) is 4.79 Å². The molecule has 6 nitrogen and oxygen atoms in total. The lowest BCUT2D eigenvalue weighted by atomic mass is 10.2. The fourth-order valence-corrected chi connectivity index (χ4v) is 1.65. The first-order valence-corrected chi connectivity index (χ1v) is 5.73. The van der Waals surface area contributed by atoms with Crippen molar-refractivity contribution in [1.29, 1.82) is 0 Å². The lowest BCUT2D eigenvalue weighted by molar-refractivity contribution is 0.0947. The Kier molecular flexibility index (Phi) is 3.70. The Morgan fingerprint density at radius 3 is 2.89 bits per heavy atom. The van der Waals surface area contributed by atoms with E-state index < -0.39 is 0 Å². The van der Waals surface area contributed by atoms with E-state index in [0.29, 0.717) is 12.3 Å². The number of phenolic OH excluding ortho intramolecular Hbond substituents is 1. The Morgan fingerprint density at radius 1 is 1.53 bits per heavy atom. The second-order valence-electron chi connectivity index (χ2n) is 4.02. The number of hydrogen-bond acceptors (Lipinski definition) is 4. The van der Waals surface area contributed by atoms with Gasteiger partial charge in [-0.25, -0.2) is 4.98 Å². The summed E-state index contributed by atoms with van der Waals surface area (Å²) in [6, 6.07) is 4.53. The van der Waals surface area contributed by atoms with E-state index in [1.165, 1.54) is 19.2 Å². The number of aryl methyl sites for hydroxylation is 1. The summed E-state index contributed by atoms with van der Waals surface area (Å²) in [5, 5.41) is 12.4. The van der Waals surface area contributed by atoms with Crippen LogP contribution in [0.15, 0.2) is 30.6 Å². The van der Waals surface area contributed by atoms with Crippen molar-refractivity contribution in [3.8, 4) is 11.5 Å². The zero-order chi connectivity index (χ0) is 13.8. The third-order valence-corrected chi connectivity index (χ3v) is 2.78. The molecule has 0 saturated heterocycles. The van der Waals surface area contributed by atoms with Crippen molar-refractivity contribution < 1.29 is 14.6 Å². The topological polar surface area (TPSA) is 76.4 Å². The first kappa shape index (κ1) is 12.9. The number of benzene rings is 1. The van der Waals surface area contributed by atoms with E-state index in [1.54, 1.807) is 18.5 Å². The number of ether oxygens (including phenoxy) is 1. The number of aromatic nitrogens is 2. The van der Waals surface area contributed by atoms with Crippen LogP contribution in [0.3, 0.4) is 0 Å². The summed E-state index contributed by atoms with van der Waals surface area (Å²) >= 11 is 0. The number of amides is 1. The minimum atomic E-state index is -0.358. The highest BCUT2D eigenvalue weighted by atomic mass is 16.5. The summed E-state index contributed by atoms with van der Waals surface area (Å²) in [6.45, 7) is 0.299. The van der Waals surface area contributed by atoms with Crippen LogP contribution in [0.4, 0.5) is 0 Å². The SMILES string of the molecule is COc1ccc(C(=O)NCc2nccn2C)c(O)c1. The summed E-state index contributed by atoms with van der Waals surface area (Å²) in [4.78, 5) is 16.0. The third kappa shape index (κ3) is 2.85. The minimum absolute atomic E-state index is 0.114. The molecule has 0 unspecified atom stereocenters. The molecule has 1 aromatic heterocycles. The molecule has 0 aliphatic rings. The monoisotopic (exact) mass is 261 g/mol. The Balaban J connectivity index is 2.06. The number of imidazole rings is 1. The number of aromatic hydroxyl groups is 1. The molecule has 0 bridgehead atoms. The molecule has 0 aliphatic carbocycles. The number of nitrogens with one attached hydrogen (secondary N) is 1. The van der Waals surface area contributed by atoms with Crippen LogP contribution < -0.4 is 10.1 Å². The van der Waals surface area contributed by atoms with Gasteiger partial charge in [0.15, 0.2) is 0 Å². The maximum absolute atomic E-state index is 11.9. The smallest absolute Gasteiger partial charge is 0.255 e. The van der Waals surface area contributed by atoms with Gasteiger partial charge in [0, 0.05) is 25.5 Å². The standard InChI is InChI=1S/C13H15N3O3/c1-16-6-5-14-12(16)8-15-13(18)10-4-3-9(19-2)7-11(10)17/h3-7,17H,8H2,1-2H3,(H,15,18). The molecule has 0 aliphatic heterocycles. The Hall–Kier alpha value is -2.50. The van der Waals surface area contributed by atoms with Gasteiger partial charge in [0.2, 0.25) is 0 Å². The number of phenols is 1. The van der Waals surface area contributed by atoms with Crippen LogP contribution in [0.25, 0.3) is 0 Å². The Morgan fingerprint density at radius 2 is 2.32 bits per heavy atom. The molecule has 0 fully saturated rings. The number of nitrogens with zero attached hydrogens (tertiary/aromatic N) is 2.